The number of carbonyl (C=O) groups excluding carboxylic acids is 2. The molecule has 0 aromatic heterocycles. The Bertz CT molecular complexity index is 451. The zero-order valence-electron chi connectivity index (χ0n) is 10.6. The van der Waals surface area contributed by atoms with Crippen LogP contribution < -0.4 is 40.0 Å². The molecule has 18 heavy (non-hydrogen) atoms. The van der Waals surface area contributed by atoms with Crippen molar-refractivity contribution in [3.8, 4) is 0 Å². The fourth-order valence-corrected chi connectivity index (χ4v) is 1.71. The first-order chi connectivity index (χ1) is 7.95. The van der Waals surface area contributed by atoms with Gasteiger partial charge in [0.25, 0.3) is 0 Å². The zero-order valence-corrected chi connectivity index (χ0v) is 14.8. The number of hydrogen-bond acceptors (Lipinski definition) is 3. The molecule has 4 nitrogen and oxygen atoms in total. The van der Waals surface area contributed by atoms with Crippen molar-refractivity contribution < 1.29 is 44.3 Å². The summed E-state index contributed by atoms with van der Waals surface area (Å²) in [6.45, 7) is 3.51. The summed E-state index contributed by atoms with van der Waals surface area (Å²) in [5.74, 6) is -1.35. The number of hydrogen-bond donors (Lipinski definition) is 1. The number of carboxylic acid groups (broad SMARTS) is 1. The monoisotopic (exact) mass is 369 g/mol. The topological polar surface area (TPSA) is 69.2 Å². The van der Waals surface area contributed by atoms with Crippen LogP contribution in [0.15, 0.2) is 18.2 Å². The first-order valence-electron chi connectivity index (χ1n) is 5.14. The maximum atomic E-state index is 11.6. The fourth-order valence-electron chi connectivity index (χ4n) is 1.31. The first-order valence-corrected chi connectivity index (χ1v) is 6.67. The van der Waals surface area contributed by atoms with Crippen molar-refractivity contribution in [3.63, 3.8) is 0 Å². The summed E-state index contributed by atoms with van der Waals surface area (Å²) in [6.07, 6.45) is 0. The number of amides is 1. The number of anilines is 1. The van der Waals surface area contributed by atoms with Gasteiger partial charge in [0.2, 0.25) is 5.91 Å². The summed E-state index contributed by atoms with van der Waals surface area (Å²) in [5, 5.41) is 13.5. The van der Waals surface area contributed by atoms with E-state index in [0.29, 0.717) is 11.3 Å². The molecule has 1 unspecified atom stereocenters. The van der Waals surface area contributed by atoms with Gasteiger partial charge in [-0.25, -0.2) is 0 Å². The van der Waals surface area contributed by atoms with Crippen molar-refractivity contribution in [1.82, 2.24) is 0 Å². The summed E-state index contributed by atoms with van der Waals surface area (Å²) in [4.78, 5) is 22.3. The van der Waals surface area contributed by atoms with Gasteiger partial charge in [-0.15, -0.1) is 0 Å². The third-order valence-electron chi connectivity index (χ3n) is 2.39. The number of carbonyl (C=O) groups is 2. The van der Waals surface area contributed by atoms with Crippen molar-refractivity contribution in [2.24, 2.45) is 5.92 Å². The molecule has 0 fully saturated rings. The minimum atomic E-state index is -1.21. The van der Waals surface area contributed by atoms with Crippen LogP contribution in [0.5, 0.6) is 0 Å². The summed E-state index contributed by atoms with van der Waals surface area (Å²) in [6, 6.07) is 4.63. The van der Waals surface area contributed by atoms with Crippen LogP contribution in [-0.4, -0.2) is 16.3 Å². The average Bonchev–Trinajstić information content (AvgIpc) is 2.27. The maximum Gasteiger partial charge on any atom is 1.00 e. The predicted molar refractivity (Wildman–Crippen MR) is 72.2 cm³/mol. The van der Waals surface area contributed by atoms with Gasteiger partial charge in [-0.1, -0.05) is 35.6 Å². The van der Waals surface area contributed by atoms with E-state index >= 15 is 0 Å². The molecule has 1 aromatic rings. The molecule has 1 N–H and O–H groups in total. The van der Waals surface area contributed by atoms with Crippen LogP contribution in [0.25, 0.3) is 0 Å². The molecule has 1 atom stereocenters. The van der Waals surface area contributed by atoms with Crippen LogP contribution in [0.2, 0.25) is 0 Å². The number of nitrogens with one attached hydrogen (secondary N) is 1. The Balaban J connectivity index is 0.00000289. The molecule has 0 saturated carbocycles. The van der Waals surface area contributed by atoms with Crippen molar-refractivity contribution in [2.45, 2.75) is 13.8 Å². The molecule has 1 aromatic carbocycles. The van der Waals surface area contributed by atoms with E-state index in [1.54, 1.807) is 19.1 Å². The molecule has 6 heteroatoms. The summed E-state index contributed by atoms with van der Waals surface area (Å²) in [7, 11) is 0. The second-order valence-corrected chi connectivity index (χ2v) is 4.74. The van der Waals surface area contributed by atoms with Gasteiger partial charge in [-0.3, -0.25) is 4.79 Å². The van der Waals surface area contributed by atoms with E-state index in [-0.39, 0.29) is 46.9 Å². The first kappa shape index (κ1) is 17.9. The molecule has 92 valence electrons. The molecular weight excluding hydrogens is 356 g/mol. The molecule has 0 aliphatic rings. The molecule has 0 spiro atoms. The fraction of sp³-hybridized carbons (Fsp3) is 0.333. The Labute approximate surface area is 142 Å². The third-order valence-corrected chi connectivity index (χ3v) is 3.71. The minimum absolute atomic E-state index is 0. The maximum absolute atomic E-state index is 11.6. The number of rotatable bonds is 4. The van der Waals surface area contributed by atoms with Crippen molar-refractivity contribution in [2.75, 3.05) is 9.74 Å². The van der Waals surface area contributed by atoms with Gasteiger partial charge in [-0.05, 0) is 24.6 Å². The van der Waals surface area contributed by atoms with Crippen LogP contribution in [-0.2, 0) is 4.79 Å². The van der Waals surface area contributed by atoms with E-state index < -0.39 is 5.97 Å². The molecule has 0 radical (unpaired) electrons. The van der Waals surface area contributed by atoms with E-state index in [4.69, 9.17) is 0 Å². The summed E-state index contributed by atoms with van der Waals surface area (Å²) >= 11 is 2.15. The van der Waals surface area contributed by atoms with Crippen LogP contribution in [0.3, 0.4) is 0 Å². The molecular formula is C12H13INNaO3. The third kappa shape index (κ3) is 4.87. The van der Waals surface area contributed by atoms with Crippen molar-refractivity contribution in [3.05, 3.63) is 29.3 Å². The van der Waals surface area contributed by atoms with E-state index in [9.17, 15) is 14.7 Å². The average molecular weight is 369 g/mol. The van der Waals surface area contributed by atoms with Gasteiger partial charge in [0.1, 0.15) is 0 Å². The van der Waals surface area contributed by atoms with Crippen molar-refractivity contribution in [1.29, 1.82) is 0 Å². The normalized spacial score (nSPS) is 11.3. The molecule has 1 rings (SSSR count). The SMILES string of the molecule is Cc1cc(NC(=O)C(C)CI)ccc1C(=O)[O-].[Na+]. The van der Waals surface area contributed by atoms with Gasteiger partial charge in [0.05, 0.1) is 5.97 Å². The molecule has 0 bridgehead atoms. The second-order valence-electron chi connectivity index (χ2n) is 3.86. The van der Waals surface area contributed by atoms with Crippen LogP contribution in [0.1, 0.15) is 22.8 Å². The van der Waals surface area contributed by atoms with E-state index in [2.05, 4.69) is 27.9 Å². The van der Waals surface area contributed by atoms with E-state index in [1.165, 1.54) is 6.07 Å². The van der Waals surface area contributed by atoms with Crippen LogP contribution >= 0.6 is 22.6 Å². The zero-order chi connectivity index (χ0) is 13.0. The largest absolute Gasteiger partial charge is 1.00 e. The number of benzene rings is 1. The van der Waals surface area contributed by atoms with Gasteiger partial charge < -0.3 is 15.2 Å². The Morgan fingerprint density at radius 2 is 2.06 bits per heavy atom. The quantitative estimate of drug-likeness (QED) is 0.394. The van der Waals surface area contributed by atoms with Gasteiger partial charge in [0, 0.05) is 21.6 Å². The summed E-state index contributed by atoms with van der Waals surface area (Å²) in [5.41, 5.74) is 1.32. The number of carboxylic acids is 1. The standard InChI is InChI=1S/C12H14INO3.Na/c1-7-5-9(3-4-10(7)12(16)17)14-11(15)8(2)6-13;/h3-5,8H,6H2,1-2H3,(H,14,15)(H,16,17);/q;+1/p-1. The Kier molecular flexibility index (Phi) is 8.09. The van der Waals surface area contributed by atoms with Gasteiger partial charge >= 0.3 is 29.6 Å². The molecule has 0 aliphatic heterocycles. The van der Waals surface area contributed by atoms with Crippen LogP contribution in [0, 0.1) is 12.8 Å². The Hall–Kier alpha value is -0.110. The van der Waals surface area contributed by atoms with E-state index in [0.717, 1.165) is 4.43 Å². The van der Waals surface area contributed by atoms with Gasteiger partial charge in [0.15, 0.2) is 0 Å². The Morgan fingerprint density at radius 1 is 1.44 bits per heavy atom. The molecule has 1 amide bonds. The summed E-state index contributed by atoms with van der Waals surface area (Å²) < 4.78 is 0.736. The minimum Gasteiger partial charge on any atom is -0.545 e. The number of alkyl halides is 1. The number of halogens is 1. The van der Waals surface area contributed by atoms with Crippen LogP contribution in [0.4, 0.5) is 5.69 Å². The van der Waals surface area contributed by atoms with Crippen molar-refractivity contribution >= 4 is 40.2 Å². The predicted octanol–water partition coefficient (Wildman–Crippen LogP) is -1.63. The Morgan fingerprint density at radius 3 is 2.50 bits per heavy atom. The van der Waals surface area contributed by atoms with Gasteiger partial charge in [-0.2, -0.15) is 0 Å². The molecule has 0 heterocycles. The second kappa shape index (κ2) is 8.14. The molecule has 0 saturated heterocycles. The number of aromatic carboxylic acids is 1. The number of aryl methyl sites for hydroxylation is 1. The smallest absolute Gasteiger partial charge is 0.545 e. The van der Waals surface area contributed by atoms with E-state index in [1.807, 2.05) is 6.92 Å². The molecule has 0 aliphatic carbocycles.